The monoisotopic (exact) mass is 345 g/mol. The molecule has 6 nitrogen and oxygen atoms in total. The highest BCUT2D eigenvalue weighted by Gasteiger charge is 2.09. The van der Waals surface area contributed by atoms with Gasteiger partial charge in [-0.3, -0.25) is 10.1 Å². The van der Waals surface area contributed by atoms with Gasteiger partial charge in [0.25, 0.3) is 5.69 Å². The van der Waals surface area contributed by atoms with Crippen molar-refractivity contribution in [1.82, 2.24) is 5.16 Å². The lowest BCUT2D eigenvalue weighted by atomic mass is 10.3. The summed E-state index contributed by atoms with van der Waals surface area (Å²) in [5, 5.41) is 17.3. The van der Waals surface area contributed by atoms with Crippen LogP contribution >= 0.6 is 22.6 Å². The molecule has 1 aromatic heterocycles. The second-order valence-electron chi connectivity index (χ2n) is 3.25. The third-order valence-electron chi connectivity index (χ3n) is 2.11. The molecule has 0 aliphatic heterocycles. The molecule has 88 valence electrons. The molecular weight excluding hydrogens is 337 g/mol. The summed E-state index contributed by atoms with van der Waals surface area (Å²) < 4.78 is 5.72. The summed E-state index contributed by atoms with van der Waals surface area (Å²) in [6.45, 7) is 0.494. The molecule has 0 atom stereocenters. The minimum atomic E-state index is -0.414. The van der Waals surface area contributed by atoms with E-state index < -0.39 is 4.92 Å². The lowest BCUT2D eigenvalue weighted by Gasteiger charge is -2.06. The number of aromatic nitrogens is 1. The number of nitro groups is 1. The number of benzene rings is 1. The van der Waals surface area contributed by atoms with Gasteiger partial charge in [0.05, 0.1) is 17.7 Å². The van der Waals surface area contributed by atoms with Crippen molar-refractivity contribution >= 4 is 34.0 Å². The molecule has 1 aromatic carbocycles. The molecule has 0 unspecified atom stereocenters. The summed E-state index contributed by atoms with van der Waals surface area (Å²) in [4.78, 5) is 10.2. The van der Waals surface area contributed by atoms with Crippen LogP contribution in [0.15, 0.2) is 35.0 Å². The molecule has 2 rings (SSSR count). The lowest BCUT2D eigenvalue weighted by molar-refractivity contribution is -0.384. The second-order valence-corrected chi connectivity index (χ2v) is 4.42. The van der Waals surface area contributed by atoms with Gasteiger partial charge in [-0.05, 0) is 28.7 Å². The van der Waals surface area contributed by atoms with E-state index in [0.717, 1.165) is 9.26 Å². The molecule has 0 amide bonds. The molecule has 0 spiro atoms. The number of non-ortho nitro benzene ring substituents is 1. The molecule has 0 saturated carbocycles. The Kier molecular flexibility index (Phi) is 3.57. The van der Waals surface area contributed by atoms with E-state index in [2.05, 4.69) is 10.5 Å². The maximum Gasteiger partial charge on any atom is 0.270 e. The first-order chi connectivity index (χ1) is 8.16. The minimum Gasteiger partial charge on any atom is -0.377 e. The van der Waals surface area contributed by atoms with Crippen LogP contribution in [0.3, 0.4) is 0 Å². The Morgan fingerprint density at radius 3 is 2.88 bits per heavy atom. The van der Waals surface area contributed by atoms with Gasteiger partial charge in [0, 0.05) is 27.5 Å². The van der Waals surface area contributed by atoms with Gasteiger partial charge in [-0.15, -0.1) is 0 Å². The zero-order valence-corrected chi connectivity index (χ0v) is 10.7. The third-order valence-corrected chi connectivity index (χ3v) is 3.00. The SMILES string of the molecule is O=[N+]([O-])c1ccc(NCc2ccno2)c(I)c1. The molecule has 1 heterocycles. The average molecular weight is 345 g/mol. The van der Waals surface area contributed by atoms with E-state index >= 15 is 0 Å². The second kappa shape index (κ2) is 5.13. The van der Waals surface area contributed by atoms with Crippen molar-refractivity contribution in [2.24, 2.45) is 0 Å². The average Bonchev–Trinajstić information content (AvgIpc) is 2.80. The van der Waals surface area contributed by atoms with Crippen molar-refractivity contribution in [2.75, 3.05) is 5.32 Å². The van der Waals surface area contributed by atoms with Crippen LogP contribution in [0.4, 0.5) is 11.4 Å². The Labute approximate surface area is 110 Å². The first kappa shape index (κ1) is 11.8. The molecule has 17 heavy (non-hydrogen) atoms. The number of halogens is 1. The fourth-order valence-electron chi connectivity index (χ4n) is 1.28. The van der Waals surface area contributed by atoms with Crippen LogP contribution in [-0.2, 0) is 6.54 Å². The Hall–Kier alpha value is -1.64. The van der Waals surface area contributed by atoms with Crippen molar-refractivity contribution in [3.05, 3.63) is 49.9 Å². The highest BCUT2D eigenvalue weighted by molar-refractivity contribution is 14.1. The highest BCUT2D eigenvalue weighted by Crippen LogP contribution is 2.24. The Morgan fingerprint density at radius 2 is 2.29 bits per heavy atom. The summed E-state index contributed by atoms with van der Waals surface area (Å²) in [6, 6.07) is 6.41. The standard InChI is InChI=1S/C10H8IN3O3/c11-9-5-7(14(15)16)1-2-10(9)12-6-8-3-4-13-17-8/h1-5,12H,6H2. The van der Waals surface area contributed by atoms with Crippen LogP contribution in [0.5, 0.6) is 0 Å². The van der Waals surface area contributed by atoms with Crippen LogP contribution in [0.2, 0.25) is 0 Å². The predicted octanol–water partition coefficient (Wildman–Crippen LogP) is 2.80. The number of rotatable bonds is 4. The normalized spacial score (nSPS) is 10.2. The Bertz CT molecular complexity index is 528. The minimum absolute atomic E-state index is 0.0830. The van der Waals surface area contributed by atoms with Crippen molar-refractivity contribution in [3.63, 3.8) is 0 Å². The van der Waals surface area contributed by atoms with Crippen molar-refractivity contribution in [1.29, 1.82) is 0 Å². The first-order valence-electron chi connectivity index (χ1n) is 4.74. The van der Waals surface area contributed by atoms with E-state index in [0.29, 0.717) is 12.3 Å². The lowest BCUT2D eigenvalue weighted by Crippen LogP contribution is -2.00. The van der Waals surface area contributed by atoms with Gasteiger partial charge in [-0.2, -0.15) is 0 Å². The molecule has 0 bridgehead atoms. The number of hydrogen-bond acceptors (Lipinski definition) is 5. The molecule has 0 radical (unpaired) electrons. The van der Waals surface area contributed by atoms with Gasteiger partial charge < -0.3 is 9.84 Å². The molecule has 0 aliphatic carbocycles. The summed E-state index contributed by atoms with van der Waals surface area (Å²) in [5.41, 5.74) is 0.909. The maximum absolute atomic E-state index is 10.6. The van der Waals surface area contributed by atoms with Gasteiger partial charge in [0.2, 0.25) is 0 Å². The molecule has 0 fully saturated rings. The zero-order valence-electron chi connectivity index (χ0n) is 8.59. The smallest absolute Gasteiger partial charge is 0.270 e. The van der Waals surface area contributed by atoms with Gasteiger partial charge >= 0.3 is 0 Å². The van der Waals surface area contributed by atoms with E-state index in [1.54, 1.807) is 18.3 Å². The van der Waals surface area contributed by atoms with E-state index in [1.807, 2.05) is 22.6 Å². The fourth-order valence-corrected chi connectivity index (χ4v) is 1.97. The van der Waals surface area contributed by atoms with E-state index in [4.69, 9.17) is 4.52 Å². The van der Waals surface area contributed by atoms with Gasteiger partial charge in [0.1, 0.15) is 0 Å². The number of nitro benzene ring substituents is 1. The maximum atomic E-state index is 10.6. The topological polar surface area (TPSA) is 81.2 Å². The summed E-state index contributed by atoms with van der Waals surface area (Å²) in [6.07, 6.45) is 1.57. The van der Waals surface area contributed by atoms with Crippen molar-refractivity contribution in [3.8, 4) is 0 Å². The Morgan fingerprint density at radius 1 is 1.47 bits per heavy atom. The molecule has 7 heteroatoms. The quantitative estimate of drug-likeness (QED) is 0.524. The van der Waals surface area contributed by atoms with Gasteiger partial charge in [-0.1, -0.05) is 5.16 Å². The van der Waals surface area contributed by atoms with Crippen LogP contribution in [0.25, 0.3) is 0 Å². The molecule has 0 saturated heterocycles. The third kappa shape index (κ3) is 2.93. The summed E-state index contributed by atoms with van der Waals surface area (Å²) in [5.74, 6) is 0.708. The van der Waals surface area contributed by atoms with E-state index in [9.17, 15) is 10.1 Å². The number of anilines is 1. The van der Waals surface area contributed by atoms with E-state index in [-0.39, 0.29) is 5.69 Å². The Balaban J connectivity index is 2.09. The highest BCUT2D eigenvalue weighted by atomic mass is 127. The first-order valence-corrected chi connectivity index (χ1v) is 5.82. The van der Waals surface area contributed by atoms with Crippen molar-refractivity contribution in [2.45, 2.75) is 6.54 Å². The van der Waals surface area contributed by atoms with Crippen LogP contribution < -0.4 is 5.32 Å². The van der Waals surface area contributed by atoms with Gasteiger partial charge in [0.15, 0.2) is 5.76 Å². The summed E-state index contributed by atoms with van der Waals surface area (Å²) in [7, 11) is 0. The van der Waals surface area contributed by atoms with E-state index in [1.165, 1.54) is 12.1 Å². The number of nitrogens with zero attached hydrogens (tertiary/aromatic N) is 2. The van der Waals surface area contributed by atoms with Crippen LogP contribution in [-0.4, -0.2) is 10.1 Å². The number of hydrogen-bond donors (Lipinski definition) is 1. The zero-order chi connectivity index (χ0) is 12.3. The molecule has 0 aliphatic rings. The molecule has 2 aromatic rings. The summed E-state index contributed by atoms with van der Waals surface area (Å²) >= 11 is 2.05. The van der Waals surface area contributed by atoms with Crippen LogP contribution in [0.1, 0.15) is 5.76 Å². The largest absolute Gasteiger partial charge is 0.377 e. The van der Waals surface area contributed by atoms with Crippen molar-refractivity contribution < 1.29 is 9.45 Å². The molecule has 1 N–H and O–H groups in total. The fraction of sp³-hybridized carbons (Fsp3) is 0.100. The molecular formula is C10H8IN3O3. The predicted molar refractivity (Wildman–Crippen MR) is 69.6 cm³/mol. The van der Waals surface area contributed by atoms with Gasteiger partial charge in [-0.25, -0.2) is 0 Å². The van der Waals surface area contributed by atoms with Crippen LogP contribution in [0, 0.1) is 13.7 Å². The number of nitrogens with one attached hydrogen (secondary N) is 1.